The first-order valence-electron chi connectivity index (χ1n) is 4.58. The van der Waals surface area contributed by atoms with Gasteiger partial charge in [-0.3, -0.25) is 4.98 Å². The molecule has 0 bridgehead atoms. The van der Waals surface area contributed by atoms with Crippen LogP contribution in [0.5, 0.6) is 0 Å². The summed E-state index contributed by atoms with van der Waals surface area (Å²) >= 11 is 0. The second kappa shape index (κ2) is 5.05. The van der Waals surface area contributed by atoms with Crippen LogP contribution < -0.4 is 4.72 Å². The van der Waals surface area contributed by atoms with Crippen LogP contribution in [0.4, 0.5) is 4.39 Å². The van der Waals surface area contributed by atoms with Crippen molar-refractivity contribution in [1.82, 2.24) is 9.71 Å². The fraction of sp³-hybridized carbons (Fsp3) is 0.300. The van der Waals surface area contributed by atoms with Crippen LogP contribution >= 0.6 is 0 Å². The summed E-state index contributed by atoms with van der Waals surface area (Å²) < 4.78 is 38.5. The summed E-state index contributed by atoms with van der Waals surface area (Å²) in [7, 11) is -3.80. The minimum atomic E-state index is -3.80. The third-order valence-corrected chi connectivity index (χ3v) is 3.34. The Bertz CT molecular complexity index is 508. The van der Waals surface area contributed by atoms with E-state index < -0.39 is 21.9 Å². The van der Waals surface area contributed by atoms with Gasteiger partial charge in [0.15, 0.2) is 0 Å². The van der Waals surface area contributed by atoms with Gasteiger partial charge >= 0.3 is 0 Å². The van der Waals surface area contributed by atoms with Gasteiger partial charge in [-0.05, 0) is 12.5 Å². The first-order chi connectivity index (χ1) is 7.49. The van der Waals surface area contributed by atoms with E-state index in [0.29, 0.717) is 6.42 Å². The number of sulfonamides is 1. The molecule has 0 aliphatic heterocycles. The molecule has 1 aromatic heterocycles. The molecular formula is C10H11FN2O2S. The molecule has 1 atom stereocenters. The van der Waals surface area contributed by atoms with Gasteiger partial charge in [0, 0.05) is 6.20 Å². The van der Waals surface area contributed by atoms with E-state index in [0.717, 1.165) is 18.5 Å². The van der Waals surface area contributed by atoms with Gasteiger partial charge in [-0.25, -0.2) is 12.8 Å². The molecule has 0 spiro atoms. The minimum absolute atomic E-state index is 0.235. The summed E-state index contributed by atoms with van der Waals surface area (Å²) in [5.74, 6) is 1.58. The lowest BCUT2D eigenvalue weighted by Crippen LogP contribution is -2.33. The summed E-state index contributed by atoms with van der Waals surface area (Å²) in [6, 6.07) is 0.284. The lowest BCUT2D eigenvalue weighted by molar-refractivity contribution is 0.566. The first-order valence-corrected chi connectivity index (χ1v) is 6.07. The predicted octanol–water partition coefficient (Wildman–Crippen LogP) is 0.911. The normalized spacial score (nSPS) is 13.1. The Morgan fingerprint density at radius 1 is 1.62 bits per heavy atom. The molecule has 6 heteroatoms. The van der Waals surface area contributed by atoms with Gasteiger partial charge in [-0.15, -0.1) is 6.42 Å². The molecule has 0 amide bonds. The molecule has 16 heavy (non-hydrogen) atoms. The van der Waals surface area contributed by atoms with Crippen LogP contribution in [0.2, 0.25) is 0 Å². The average Bonchev–Trinajstić information content (AvgIpc) is 2.26. The number of pyridine rings is 1. The molecule has 1 rings (SSSR count). The van der Waals surface area contributed by atoms with E-state index in [2.05, 4.69) is 15.6 Å². The van der Waals surface area contributed by atoms with Gasteiger partial charge in [0.1, 0.15) is 10.7 Å². The number of rotatable bonds is 4. The third kappa shape index (κ3) is 3.02. The van der Waals surface area contributed by atoms with Crippen LogP contribution in [0.15, 0.2) is 23.4 Å². The zero-order valence-electron chi connectivity index (χ0n) is 8.64. The van der Waals surface area contributed by atoms with Crippen molar-refractivity contribution in [3.8, 4) is 12.3 Å². The molecule has 0 saturated carbocycles. The molecule has 1 aromatic rings. The van der Waals surface area contributed by atoms with Gasteiger partial charge in [0.25, 0.3) is 0 Å². The highest BCUT2D eigenvalue weighted by molar-refractivity contribution is 7.89. The van der Waals surface area contributed by atoms with E-state index in [4.69, 9.17) is 6.42 Å². The average molecular weight is 242 g/mol. The Kier molecular flexibility index (Phi) is 3.99. The van der Waals surface area contributed by atoms with E-state index in [1.165, 1.54) is 0 Å². The van der Waals surface area contributed by atoms with E-state index in [-0.39, 0.29) is 4.90 Å². The number of nitrogens with one attached hydrogen (secondary N) is 1. The van der Waals surface area contributed by atoms with Crippen LogP contribution in [0.1, 0.15) is 13.3 Å². The molecule has 1 N–H and O–H groups in total. The lowest BCUT2D eigenvalue weighted by Gasteiger charge is -2.10. The predicted molar refractivity (Wildman–Crippen MR) is 57.4 cm³/mol. The first kappa shape index (κ1) is 12.6. The molecule has 4 nitrogen and oxygen atoms in total. The minimum Gasteiger partial charge on any atom is -0.260 e. The largest absolute Gasteiger partial charge is 0.260 e. The van der Waals surface area contributed by atoms with E-state index in [1.54, 1.807) is 6.92 Å². The highest BCUT2D eigenvalue weighted by atomic mass is 32.2. The van der Waals surface area contributed by atoms with Crippen LogP contribution in [-0.2, 0) is 10.0 Å². The molecule has 0 saturated heterocycles. The maximum Gasteiger partial charge on any atom is 0.243 e. The van der Waals surface area contributed by atoms with Crippen molar-refractivity contribution < 1.29 is 12.8 Å². The highest BCUT2D eigenvalue weighted by Crippen LogP contribution is 2.09. The monoisotopic (exact) mass is 242 g/mol. The van der Waals surface area contributed by atoms with Crippen LogP contribution in [0, 0.1) is 18.2 Å². The SMILES string of the molecule is C#CC(CC)NS(=O)(=O)c1cncc(F)c1. The molecule has 0 aliphatic carbocycles. The fourth-order valence-corrected chi connectivity index (χ4v) is 2.24. The molecule has 0 fully saturated rings. The van der Waals surface area contributed by atoms with Crippen molar-refractivity contribution in [2.75, 3.05) is 0 Å². The van der Waals surface area contributed by atoms with Crippen molar-refractivity contribution >= 4 is 10.0 Å². The Hall–Kier alpha value is -1.45. The van der Waals surface area contributed by atoms with E-state index in [1.807, 2.05) is 0 Å². The number of terminal acetylenes is 1. The van der Waals surface area contributed by atoms with Crippen molar-refractivity contribution in [1.29, 1.82) is 0 Å². The summed E-state index contributed by atoms with van der Waals surface area (Å²) in [4.78, 5) is 3.23. The molecule has 1 unspecified atom stereocenters. The summed E-state index contributed by atoms with van der Waals surface area (Å²) in [5, 5.41) is 0. The smallest absolute Gasteiger partial charge is 0.243 e. The quantitative estimate of drug-likeness (QED) is 0.798. The van der Waals surface area contributed by atoms with Gasteiger partial charge in [0.2, 0.25) is 10.0 Å². The van der Waals surface area contributed by atoms with Crippen LogP contribution in [0.3, 0.4) is 0 Å². The maximum absolute atomic E-state index is 12.8. The second-order valence-electron chi connectivity index (χ2n) is 3.09. The number of halogens is 1. The molecule has 1 heterocycles. The maximum atomic E-state index is 12.8. The number of hydrogen-bond donors (Lipinski definition) is 1. The molecular weight excluding hydrogens is 231 g/mol. The van der Waals surface area contributed by atoms with Crippen molar-refractivity contribution in [3.05, 3.63) is 24.3 Å². The van der Waals surface area contributed by atoms with Crippen LogP contribution in [0.25, 0.3) is 0 Å². The standard InChI is InChI=1S/C10H11FN2O2S/c1-3-9(4-2)13-16(14,15)10-5-8(11)6-12-7-10/h1,5-7,9,13H,4H2,2H3. The lowest BCUT2D eigenvalue weighted by atomic mass is 10.3. The summed E-state index contributed by atoms with van der Waals surface area (Å²) in [6.07, 6.45) is 7.58. The van der Waals surface area contributed by atoms with E-state index >= 15 is 0 Å². The van der Waals surface area contributed by atoms with E-state index in [9.17, 15) is 12.8 Å². The summed E-state index contributed by atoms with van der Waals surface area (Å²) in [6.45, 7) is 1.75. The zero-order chi connectivity index (χ0) is 12.2. The number of aromatic nitrogens is 1. The Morgan fingerprint density at radius 2 is 2.31 bits per heavy atom. The third-order valence-electron chi connectivity index (χ3n) is 1.90. The Balaban J connectivity index is 3.00. The van der Waals surface area contributed by atoms with Gasteiger partial charge in [-0.2, -0.15) is 4.72 Å². The molecule has 0 aromatic carbocycles. The zero-order valence-corrected chi connectivity index (χ0v) is 9.46. The van der Waals surface area contributed by atoms with Gasteiger partial charge in [-0.1, -0.05) is 12.8 Å². The Labute approximate surface area is 94.0 Å². The molecule has 86 valence electrons. The number of nitrogens with zero attached hydrogens (tertiary/aromatic N) is 1. The fourth-order valence-electron chi connectivity index (χ4n) is 1.03. The van der Waals surface area contributed by atoms with Crippen molar-refractivity contribution in [2.24, 2.45) is 0 Å². The molecule has 0 aliphatic rings. The van der Waals surface area contributed by atoms with Crippen LogP contribution in [-0.4, -0.2) is 19.4 Å². The van der Waals surface area contributed by atoms with Gasteiger partial charge in [0.05, 0.1) is 12.2 Å². The van der Waals surface area contributed by atoms with Crippen molar-refractivity contribution in [2.45, 2.75) is 24.3 Å². The summed E-state index contributed by atoms with van der Waals surface area (Å²) in [5.41, 5.74) is 0. The Morgan fingerprint density at radius 3 is 2.81 bits per heavy atom. The molecule has 0 radical (unpaired) electrons. The second-order valence-corrected chi connectivity index (χ2v) is 4.80. The number of hydrogen-bond acceptors (Lipinski definition) is 3. The van der Waals surface area contributed by atoms with Gasteiger partial charge < -0.3 is 0 Å². The topological polar surface area (TPSA) is 59.1 Å². The highest BCUT2D eigenvalue weighted by Gasteiger charge is 2.18. The van der Waals surface area contributed by atoms with Crippen molar-refractivity contribution in [3.63, 3.8) is 0 Å².